The fourth-order valence-corrected chi connectivity index (χ4v) is 2.27. The lowest BCUT2D eigenvalue weighted by molar-refractivity contribution is -0.118. The molecule has 0 aliphatic heterocycles. The molecule has 2 aromatic rings. The Morgan fingerprint density at radius 3 is 2.25 bits per heavy atom. The lowest BCUT2D eigenvalue weighted by Crippen LogP contribution is -2.47. The summed E-state index contributed by atoms with van der Waals surface area (Å²) in [6.45, 7) is 7.67. The minimum atomic E-state index is -0.638. The van der Waals surface area contributed by atoms with Crippen molar-refractivity contribution in [2.24, 2.45) is 5.92 Å². The molecule has 1 aromatic carbocycles. The van der Waals surface area contributed by atoms with Gasteiger partial charge in [-0.3, -0.25) is 9.59 Å². The molecule has 0 fully saturated rings. The summed E-state index contributed by atoms with van der Waals surface area (Å²) in [6.07, 6.45) is 1.64. The molecule has 24 heavy (non-hydrogen) atoms. The molecular formula is C19H23N3O2. The molecule has 0 aliphatic rings. The second-order valence-electron chi connectivity index (χ2n) is 6.27. The molecule has 1 atom stereocenters. The maximum absolute atomic E-state index is 12.5. The van der Waals surface area contributed by atoms with Crippen molar-refractivity contribution in [3.8, 4) is 0 Å². The third-order valence-corrected chi connectivity index (χ3v) is 3.72. The van der Waals surface area contributed by atoms with E-state index in [-0.39, 0.29) is 17.7 Å². The summed E-state index contributed by atoms with van der Waals surface area (Å²) < 4.78 is 0. The van der Waals surface area contributed by atoms with Crippen LogP contribution in [0.2, 0.25) is 0 Å². The molecule has 5 heteroatoms. The second kappa shape index (κ2) is 7.73. The zero-order chi connectivity index (χ0) is 17.7. The lowest BCUT2D eigenvalue weighted by Gasteiger charge is -2.21. The Balaban J connectivity index is 2.09. The zero-order valence-corrected chi connectivity index (χ0v) is 14.5. The number of aromatic nitrogens is 1. The summed E-state index contributed by atoms with van der Waals surface area (Å²) in [4.78, 5) is 29.0. The number of hydrogen-bond acceptors (Lipinski definition) is 3. The van der Waals surface area contributed by atoms with Crippen LogP contribution in [0, 0.1) is 19.8 Å². The number of pyridine rings is 1. The van der Waals surface area contributed by atoms with Gasteiger partial charge >= 0.3 is 0 Å². The Labute approximate surface area is 142 Å². The van der Waals surface area contributed by atoms with Crippen molar-refractivity contribution in [3.05, 3.63) is 59.3 Å². The van der Waals surface area contributed by atoms with Crippen molar-refractivity contribution in [1.82, 2.24) is 10.3 Å². The molecule has 0 bridgehead atoms. The maximum Gasteiger partial charge on any atom is 0.251 e. The molecule has 5 nitrogen and oxygen atoms in total. The predicted molar refractivity (Wildman–Crippen MR) is 94.9 cm³/mol. The van der Waals surface area contributed by atoms with Crippen LogP contribution in [0.15, 0.2) is 42.6 Å². The molecule has 2 amide bonds. The highest BCUT2D eigenvalue weighted by Gasteiger charge is 2.25. The summed E-state index contributed by atoms with van der Waals surface area (Å²) in [5.41, 5.74) is 2.62. The van der Waals surface area contributed by atoms with Crippen molar-refractivity contribution >= 4 is 17.6 Å². The van der Waals surface area contributed by atoms with E-state index in [1.165, 1.54) is 0 Å². The quantitative estimate of drug-likeness (QED) is 0.887. The van der Waals surface area contributed by atoms with E-state index in [0.717, 1.165) is 11.1 Å². The highest BCUT2D eigenvalue weighted by atomic mass is 16.2. The molecule has 1 aromatic heterocycles. The fourth-order valence-electron chi connectivity index (χ4n) is 2.27. The lowest BCUT2D eigenvalue weighted by atomic mass is 10.0. The third-order valence-electron chi connectivity index (χ3n) is 3.72. The monoisotopic (exact) mass is 325 g/mol. The Morgan fingerprint density at radius 2 is 1.67 bits per heavy atom. The second-order valence-corrected chi connectivity index (χ2v) is 6.27. The fraction of sp³-hybridized carbons (Fsp3) is 0.316. The van der Waals surface area contributed by atoms with Gasteiger partial charge in [0.05, 0.1) is 0 Å². The molecular weight excluding hydrogens is 302 g/mol. The largest absolute Gasteiger partial charge is 0.340 e. The number of nitrogens with one attached hydrogen (secondary N) is 2. The number of carbonyl (C=O) groups excluding carboxylic acids is 2. The van der Waals surface area contributed by atoms with Gasteiger partial charge < -0.3 is 10.6 Å². The van der Waals surface area contributed by atoms with Crippen LogP contribution in [0.1, 0.15) is 35.3 Å². The van der Waals surface area contributed by atoms with Crippen molar-refractivity contribution in [1.29, 1.82) is 0 Å². The summed E-state index contributed by atoms with van der Waals surface area (Å²) in [6, 6.07) is 10.3. The van der Waals surface area contributed by atoms with E-state index in [0.29, 0.717) is 11.4 Å². The Hall–Kier alpha value is -2.69. The molecule has 0 saturated carbocycles. The first-order valence-corrected chi connectivity index (χ1v) is 7.98. The predicted octanol–water partition coefficient (Wildman–Crippen LogP) is 3.09. The van der Waals surface area contributed by atoms with Crippen LogP contribution in [0.5, 0.6) is 0 Å². The first-order chi connectivity index (χ1) is 11.4. The number of amides is 2. The van der Waals surface area contributed by atoms with E-state index < -0.39 is 6.04 Å². The van der Waals surface area contributed by atoms with Crippen LogP contribution in [0.25, 0.3) is 0 Å². The van der Waals surface area contributed by atoms with Gasteiger partial charge in [0.15, 0.2) is 0 Å². The minimum absolute atomic E-state index is 0.0517. The van der Waals surface area contributed by atoms with Crippen molar-refractivity contribution in [2.75, 3.05) is 5.32 Å². The van der Waals surface area contributed by atoms with E-state index in [9.17, 15) is 9.59 Å². The number of benzene rings is 1. The van der Waals surface area contributed by atoms with Gasteiger partial charge in [0.1, 0.15) is 11.9 Å². The van der Waals surface area contributed by atoms with E-state index in [1.807, 2.05) is 45.9 Å². The molecule has 2 N–H and O–H groups in total. The number of hydrogen-bond donors (Lipinski definition) is 2. The van der Waals surface area contributed by atoms with Crippen molar-refractivity contribution < 1.29 is 9.59 Å². The van der Waals surface area contributed by atoms with Crippen LogP contribution in [-0.2, 0) is 4.79 Å². The van der Waals surface area contributed by atoms with Gasteiger partial charge in [-0.25, -0.2) is 4.98 Å². The van der Waals surface area contributed by atoms with Gasteiger partial charge in [0.2, 0.25) is 5.91 Å². The van der Waals surface area contributed by atoms with Gasteiger partial charge in [-0.15, -0.1) is 0 Å². The number of aryl methyl sites for hydroxylation is 2. The van der Waals surface area contributed by atoms with Crippen LogP contribution in [0.3, 0.4) is 0 Å². The summed E-state index contributed by atoms with van der Waals surface area (Å²) in [5, 5.41) is 5.57. The zero-order valence-electron chi connectivity index (χ0n) is 14.5. The average molecular weight is 325 g/mol. The number of anilines is 1. The normalized spacial score (nSPS) is 11.9. The van der Waals surface area contributed by atoms with Gasteiger partial charge in [-0.05, 0) is 49.6 Å². The Bertz CT molecular complexity index is 724. The van der Waals surface area contributed by atoms with E-state index in [4.69, 9.17) is 0 Å². The van der Waals surface area contributed by atoms with E-state index in [1.54, 1.807) is 24.4 Å². The van der Waals surface area contributed by atoms with Crippen LogP contribution in [0.4, 0.5) is 5.82 Å². The van der Waals surface area contributed by atoms with Gasteiger partial charge in [0.25, 0.3) is 5.91 Å². The SMILES string of the molecule is Cc1ccc(C(=O)N[C@H](C(=O)Nc2cc(C)ccn2)C(C)C)cc1. The molecule has 0 saturated heterocycles. The Kier molecular flexibility index (Phi) is 5.68. The summed E-state index contributed by atoms with van der Waals surface area (Å²) >= 11 is 0. The summed E-state index contributed by atoms with van der Waals surface area (Å²) in [5.74, 6) is -0.107. The molecule has 0 unspecified atom stereocenters. The molecule has 1 heterocycles. The molecule has 0 spiro atoms. The highest BCUT2D eigenvalue weighted by Crippen LogP contribution is 2.10. The maximum atomic E-state index is 12.5. The van der Waals surface area contributed by atoms with Crippen LogP contribution < -0.4 is 10.6 Å². The van der Waals surface area contributed by atoms with Gasteiger partial charge in [-0.2, -0.15) is 0 Å². The smallest absolute Gasteiger partial charge is 0.251 e. The average Bonchev–Trinajstić information content (AvgIpc) is 2.52. The first-order valence-electron chi connectivity index (χ1n) is 7.98. The third kappa shape index (κ3) is 4.65. The van der Waals surface area contributed by atoms with Crippen LogP contribution >= 0.6 is 0 Å². The molecule has 126 valence electrons. The minimum Gasteiger partial charge on any atom is -0.340 e. The first kappa shape index (κ1) is 17.7. The number of nitrogens with zero attached hydrogens (tertiary/aromatic N) is 1. The summed E-state index contributed by atoms with van der Waals surface area (Å²) in [7, 11) is 0. The van der Waals surface area contributed by atoms with E-state index in [2.05, 4.69) is 15.6 Å². The highest BCUT2D eigenvalue weighted by molar-refractivity contribution is 6.01. The van der Waals surface area contributed by atoms with Crippen molar-refractivity contribution in [3.63, 3.8) is 0 Å². The molecule has 0 aliphatic carbocycles. The number of rotatable bonds is 5. The standard InChI is InChI=1S/C19H23N3O2/c1-12(2)17(19(24)21-16-11-14(4)9-10-20-16)22-18(23)15-7-5-13(3)6-8-15/h5-12,17H,1-4H3,(H,22,23)(H,20,21,24)/t17-/m0/s1. The topological polar surface area (TPSA) is 71.1 Å². The molecule has 2 rings (SSSR count). The number of carbonyl (C=O) groups is 2. The van der Waals surface area contributed by atoms with Gasteiger partial charge in [-0.1, -0.05) is 31.5 Å². The van der Waals surface area contributed by atoms with Gasteiger partial charge in [0, 0.05) is 11.8 Å². The molecule has 0 radical (unpaired) electrons. The van der Waals surface area contributed by atoms with Crippen molar-refractivity contribution in [2.45, 2.75) is 33.7 Å². The Morgan fingerprint density at radius 1 is 1.00 bits per heavy atom. The van der Waals surface area contributed by atoms with Crippen LogP contribution in [-0.4, -0.2) is 22.8 Å². The van der Waals surface area contributed by atoms with E-state index >= 15 is 0 Å².